The number of nitrogens with one attached hydrogen (secondary N) is 1. The van der Waals surface area contributed by atoms with Crippen LogP contribution in [0, 0.1) is 0 Å². The molecule has 0 fully saturated rings. The molecule has 0 radical (unpaired) electrons. The van der Waals surface area contributed by atoms with Gasteiger partial charge in [-0.05, 0) is 0 Å². The minimum absolute atomic E-state index is 0. The van der Waals surface area contributed by atoms with E-state index in [4.69, 9.17) is 5.11 Å². The number of imidazole rings is 1. The van der Waals surface area contributed by atoms with Gasteiger partial charge in [0.15, 0.2) is 5.65 Å². The number of aromatic nitrogens is 4. The van der Waals surface area contributed by atoms with Crippen LogP contribution in [0.4, 0.5) is 0 Å². The third-order valence-corrected chi connectivity index (χ3v) is 1.20. The molecular weight excluding hydrogens is 155 g/mol. The van der Waals surface area contributed by atoms with Crippen LogP contribution in [0.1, 0.15) is 0 Å². The van der Waals surface area contributed by atoms with Crippen LogP contribution in [0.2, 0.25) is 0 Å². The third kappa shape index (κ3) is 1.35. The second-order valence-electron chi connectivity index (χ2n) is 1.80. The van der Waals surface area contributed by atoms with Gasteiger partial charge in [0.05, 0.1) is 6.33 Å². The molecule has 2 aromatic heterocycles. The normalized spacial score (nSPS) is 9.45. The van der Waals surface area contributed by atoms with Crippen molar-refractivity contribution in [3.8, 4) is 5.88 Å². The molecule has 52 valence electrons. The number of H-pyrrole nitrogens is 1. The van der Waals surface area contributed by atoms with Crippen LogP contribution < -0.4 is 0 Å². The van der Waals surface area contributed by atoms with Gasteiger partial charge < -0.3 is 10.1 Å². The molecule has 0 saturated heterocycles. The Morgan fingerprint density at radius 2 is 2.09 bits per heavy atom. The standard InChI is InChI=1S/C5H4N4O.Na.H/c10-5-3-4(7-1-6-3)8-2-9-5;;/h1-2H,(H2,6,7,8,9,10);;. The maximum absolute atomic E-state index is 9.04. The summed E-state index contributed by atoms with van der Waals surface area (Å²) in [7, 11) is 0. The van der Waals surface area contributed by atoms with Crippen molar-refractivity contribution in [2.24, 2.45) is 0 Å². The first-order valence-corrected chi connectivity index (χ1v) is 2.71. The van der Waals surface area contributed by atoms with E-state index >= 15 is 0 Å². The molecule has 2 rings (SSSR count). The molecule has 11 heavy (non-hydrogen) atoms. The van der Waals surface area contributed by atoms with Crippen molar-refractivity contribution in [1.82, 2.24) is 19.9 Å². The number of rotatable bonds is 0. The van der Waals surface area contributed by atoms with Crippen molar-refractivity contribution >= 4 is 40.7 Å². The van der Waals surface area contributed by atoms with Gasteiger partial charge in [-0.25, -0.2) is 9.97 Å². The van der Waals surface area contributed by atoms with Crippen LogP contribution in [0.3, 0.4) is 0 Å². The van der Waals surface area contributed by atoms with Crippen molar-refractivity contribution in [3.63, 3.8) is 0 Å². The summed E-state index contributed by atoms with van der Waals surface area (Å²) in [6, 6.07) is 0. The van der Waals surface area contributed by atoms with E-state index in [2.05, 4.69) is 19.9 Å². The average Bonchev–Trinajstić information content (AvgIpc) is 2.36. The molecule has 0 aromatic carbocycles. The van der Waals surface area contributed by atoms with E-state index in [-0.39, 0.29) is 35.4 Å². The van der Waals surface area contributed by atoms with Gasteiger partial charge in [-0.2, -0.15) is 4.98 Å². The van der Waals surface area contributed by atoms with Gasteiger partial charge >= 0.3 is 29.6 Å². The molecule has 5 nitrogen and oxygen atoms in total. The van der Waals surface area contributed by atoms with E-state index in [1.54, 1.807) is 0 Å². The molecule has 0 unspecified atom stereocenters. The summed E-state index contributed by atoms with van der Waals surface area (Å²) in [5, 5.41) is 9.04. The molecule has 2 heterocycles. The van der Waals surface area contributed by atoms with Crippen molar-refractivity contribution in [3.05, 3.63) is 12.7 Å². The van der Waals surface area contributed by atoms with E-state index in [1.165, 1.54) is 12.7 Å². The van der Waals surface area contributed by atoms with Crippen molar-refractivity contribution in [2.45, 2.75) is 0 Å². The van der Waals surface area contributed by atoms with Crippen LogP contribution in [0.5, 0.6) is 5.88 Å². The van der Waals surface area contributed by atoms with Crippen LogP contribution in [0.25, 0.3) is 11.2 Å². The number of hydrogen-bond acceptors (Lipinski definition) is 4. The Bertz CT molecular complexity index is 360. The first kappa shape index (κ1) is 8.45. The van der Waals surface area contributed by atoms with E-state index in [9.17, 15) is 0 Å². The van der Waals surface area contributed by atoms with E-state index < -0.39 is 0 Å². The Hall–Kier alpha value is -0.650. The molecule has 0 saturated carbocycles. The molecule has 2 N–H and O–H groups in total. The fourth-order valence-corrected chi connectivity index (χ4v) is 0.752. The number of aromatic amines is 1. The van der Waals surface area contributed by atoms with E-state index in [1.807, 2.05) is 0 Å². The minimum atomic E-state index is -0.0671. The Kier molecular flexibility index (Phi) is 2.43. The fourth-order valence-electron chi connectivity index (χ4n) is 0.752. The van der Waals surface area contributed by atoms with Gasteiger partial charge in [-0.15, -0.1) is 0 Å². The number of aromatic hydroxyl groups is 1. The van der Waals surface area contributed by atoms with Crippen LogP contribution in [-0.2, 0) is 0 Å². The molecule has 0 amide bonds. The molecule has 0 atom stereocenters. The van der Waals surface area contributed by atoms with Gasteiger partial charge in [0.2, 0.25) is 5.88 Å². The van der Waals surface area contributed by atoms with E-state index in [0.717, 1.165) is 0 Å². The summed E-state index contributed by atoms with van der Waals surface area (Å²) in [4.78, 5) is 13.9. The zero-order chi connectivity index (χ0) is 6.97. The molecule has 0 bridgehead atoms. The first-order chi connectivity index (χ1) is 4.88. The van der Waals surface area contributed by atoms with Crippen molar-refractivity contribution in [2.75, 3.05) is 0 Å². The summed E-state index contributed by atoms with van der Waals surface area (Å²) in [6.45, 7) is 0. The summed E-state index contributed by atoms with van der Waals surface area (Å²) in [6.07, 6.45) is 2.72. The Balaban J connectivity index is 0.000000605. The fraction of sp³-hybridized carbons (Fsp3) is 0. The molecule has 6 heteroatoms. The average molecular weight is 160 g/mol. The molecule has 0 aliphatic heterocycles. The number of nitrogens with zero attached hydrogens (tertiary/aromatic N) is 3. The SMILES string of the molecule is Oc1ncnc2nc[nH]c12.[NaH]. The van der Waals surface area contributed by atoms with E-state index in [0.29, 0.717) is 11.2 Å². The number of hydrogen-bond donors (Lipinski definition) is 2. The summed E-state index contributed by atoms with van der Waals surface area (Å²) in [5.41, 5.74) is 0.954. The summed E-state index contributed by atoms with van der Waals surface area (Å²) >= 11 is 0. The topological polar surface area (TPSA) is 74.7 Å². The van der Waals surface area contributed by atoms with Crippen LogP contribution >= 0.6 is 0 Å². The Morgan fingerprint density at radius 3 is 2.82 bits per heavy atom. The number of fused-ring (bicyclic) bond motifs is 1. The molecule has 2 aromatic rings. The third-order valence-electron chi connectivity index (χ3n) is 1.20. The second kappa shape index (κ2) is 3.17. The van der Waals surface area contributed by atoms with Gasteiger partial charge in [-0.3, -0.25) is 0 Å². The predicted molar refractivity (Wildman–Crippen MR) is 40.5 cm³/mol. The summed E-state index contributed by atoms with van der Waals surface area (Å²) < 4.78 is 0. The maximum atomic E-state index is 9.04. The second-order valence-corrected chi connectivity index (χ2v) is 1.80. The monoisotopic (exact) mass is 160 g/mol. The van der Waals surface area contributed by atoms with Gasteiger partial charge in [-0.1, -0.05) is 0 Å². The van der Waals surface area contributed by atoms with Crippen molar-refractivity contribution in [1.29, 1.82) is 0 Å². The Labute approximate surface area is 84.2 Å². The first-order valence-electron chi connectivity index (χ1n) is 2.71. The molecular formula is C5H5N4NaO. The van der Waals surface area contributed by atoms with Gasteiger partial charge in [0.25, 0.3) is 0 Å². The predicted octanol–water partition coefficient (Wildman–Crippen LogP) is -0.590. The van der Waals surface area contributed by atoms with Crippen molar-refractivity contribution < 1.29 is 5.11 Å². The Morgan fingerprint density at radius 1 is 1.27 bits per heavy atom. The zero-order valence-corrected chi connectivity index (χ0v) is 4.94. The molecule has 0 aliphatic rings. The van der Waals surface area contributed by atoms with Crippen LogP contribution in [-0.4, -0.2) is 54.6 Å². The van der Waals surface area contributed by atoms with Gasteiger partial charge in [0.1, 0.15) is 11.8 Å². The van der Waals surface area contributed by atoms with Crippen LogP contribution in [0.15, 0.2) is 12.7 Å². The zero-order valence-electron chi connectivity index (χ0n) is 4.94. The quantitative estimate of drug-likeness (QED) is 0.505. The molecule has 0 aliphatic carbocycles. The summed E-state index contributed by atoms with van der Waals surface area (Å²) in [5.74, 6) is -0.0671. The molecule has 0 spiro atoms. The van der Waals surface area contributed by atoms with Gasteiger partial charge in [0, 0.05) is 0 Å².